The number of benzene rings is 1. The van der Waals surface area contributed by atoms with Crippen molar-refractivity contribution in [3.8, 4) is 11.5 Å². The molecule has 15 heavy (non-hydrogen) atoms. The van der Waals surface area contributed by atoms with Gasteiger partial charge in [-0.3, -0.25) is 0 Å². The molecule has 0 aliphatic rings. The first-order valence-electron chi connectivity index (χ1n) is 4.41. The Kier molecular flexibility index (Phi) is 3.79. The Bertz CT molecular complexity index is 330. The highest BCUT2D eigenvalue weighted by molar-refractivity contribution is 5.71. The quantitative estimate of drug-likeness (QED) is 0.774. The van der Waals surface area contributed by atoms with E-state index in [2.05, 4.69) is 5.32 Å². The van der Waals surface area contributed by atoms with Crippen LogP contribution in [0.5, 0.6) is 11.5 Å². The fraction of sp³-hybridized carbons (Fsp3) is 0.300. The SMILES string of the molecule is COc1cc(CNC(N)=O)cc(OC)c1. The average molecular weight is 210 g/mol. The van der Waals surface area contributed by atoms with Crippen LogP contribution in [0.3, 0.4) is 0 Å². The first-order valence-corrected chi connectivity index (χ1v) is 4.41. The molecule has 0 spiro atoms. The molecule has 0 radical (unpaired) electrons. The molecular weight excluding hydrogens is 196 g/mol. The van der Waals surface area contributed by atoms with Gasteiger partial charge in [-0.2, -0.15) is 0 Å². The molecule has 0 saturated carbocycles. The molecule has 1 aromatic carbocycles. The molecular formula is C10H14N2O3. The van der Waals surface area contributed by atoms with Crippen LogP contribution in [0.2, 0.25) is 0 Å². The minimum Gasteiger partial charge on any atom is -0.497 e. The molecule has 0 aromatic heterocycles. The molecule has 2 amide bonds. The Morgan fingerprint density at radius 2 is 1.80 bits per heavy atom. The zero-order valence-corrected chi connectivity index (χ0v) is 8.74. The summed E-state index contributed by atoms with van der Waals surface area (Å²) in [6, 6.07) is 4.81. The van der Waals surface area contributed by atoms with Crippen molar-refractivity contribution in [2.24, 2.45) is 5.73 Å². The Balaban J connectivity index is 2.81. The lowest BCUT2D eigenvalue weighted by Gasteiger charge is -2.08. The lowest BCUT2D eigenvalue weighted by atomic mass is 10.2. The molecule has 1 rings (SSSR count). The third-order valence-corrected chi connectivity index (χ3v) is 1.88. The molecule has 0 bridgehead atoms. The number of ether oxygens (including phenoxy) is 2. The minimum absolute atomic E-state index is 0.350. The average Bonchev–Trinajstić information content (AvgIpc) is 2.25. The number of amides is 2. The number of urea groups is 1. The molecule has 5 nitrogen and oxygen atoms in total. The summed E-state index contributed by atoms with van der Waals surface area (Å²) in [7, 11) is 3.14. The summed E-state index contributed by atoms with van der Waals surface area (Å²) in [5, 5.41) is 2.49. The second kappa shape index (κ2) is 5.09. The highest BCUT2D eigenvalue weighted by Crippen LogP contribution is 2.22. The number of nitrogens with two attached hydrogens (primary N) is 1. The number of carbonyl (C=O) groups excluding carboxylic acids is 1. The maximum absolute atomic E-state index is 10.5. The van der Waals surface area contributed by atoms with Crippen LogP contribution in [0.15, 0.2) is 18.2 Å². The zero-order valence-electron chi connectivity index (χ0n) is 8.74. The Hall–Kier alpha value is -1.91. The summed E-state index contributed by atoms with van der Waals surface area (Å²) >= 11 is 0. The smallest absolute Gasteiger partial charge is 0.312 e. The lowest BCUT2D eigenvalue weighted by Crippen LogP contribution is -2.28. The van der Waals surface area contributed by atoms with Gasteiger partial charge in [0, 0.05) is 12.6 Å². The van der Waals surface area contributed by atoms with Crippen molar-refractivity contribution in [3.63, 3.8) is 0 Å². The van der Waals surface area contributed by atoms with Gasteiger partial charge in [0.15, 0.2) is 0 Å². The number of primary amides is 1. The van der Waals surface area contributed by atoms with Gasteiger partial charge < -0.3 is 20.5 Å². The molecule has 5 heteroatoms. The summed E-state index contributed by atoms with van der Waals surface area (Å²) in [6.45, 7) is 0.350. The van der Waals surface area contributed by atoms with Crippen LogP contribution in [0, 0.1) is 0 Å². The minimum atomic E-state index is -0.559. The fourth-order valence-electron chi connectivity index (χ4n) is 1.16. The second-order valence-corrected chi connectivity index (χ2v) is 2.94. The molecule has 0 atom stereocenters. The Labute approximate surface area is 88.2 Å². The van der Waals surface area contributed by atoms with Crippen LogP contribution in [0.4, 0.5) is 4.79 Å². The number of nitrogens with one attached hydrogen (secondary N) is 1. The van der Waals surface area contributed by atoms with Gasteiger partial charge in [0.25, 0.3) is 0 Å². The molecule has 0 saturated heterocycles. The van der Waals surface area contributed by atoms with Gasteiger partial charge >= 0.3 is 6.03 Å². The molecule has 3 N–H and O–H groups in total. The van der Waals surface area contributed by atoms with E-state index in [1.54, 1.807) is 32.4 Å². The van der Waals surface area contributed by atoms with Crippen molar-refractivity contribution in [3.05, 3.63) is 23.8 Å². The molecule has 0 aliphatic heterocycles. The number of methoxy groups -OCH3 is 2. The van der Waals surface area contributed by atoms with E-state index >= 15 is 0 Å². The van der Waals surface area contributed by atoms with E-state index in [4.69, 9.17) is 15.2 Å². The van der Waals surface area contributed by atoms with Gasteiger partial charge in [-0.05, 0) is 17.7 Å². The third kappa shape index (κ3) is 3.38. The predicted octanol–water partition coefficient (Wildman–Crippen LogP) is 0.872. The molecule has 0 heterocycles. The summed E-state index contributed by atoms with van der Waals surface area (Å²) in [5.74, 6) is 1.35. The molecule has 0 unspecified atom stereocenters. The van der Waals surface area contributed by atoms with E-state index in [1.807, 2.05) is 0 Å². The van der Waals surface area contributed by atoms with Crippen LogP contribution in [0.1, 0.15) is 5.56 Å². The second-order valence-electron chi connectivity index (χ2n) is 2.94. The Morgan fingerprint density at radius 3 is 2.20 bits per heavy atom. The number of hydrogen-bond donors (Lipinski definition) is 2. The number of hydrogen-bond acceptors (Lipinski definition) is 3. The van der Waals surface area contributed by atoms with Gasteiger partial charge in [-0.1, -0.05) is 0 Å². The van der Waals surface area contributed by atoms with Gasteiger partial charge in [0.1, 0.15) is 11.5 Å². The van der Waals surface area contributed by atoms with Crippen molar-refractivity contribution in [2.75, 3.05) is 14.2 Å². The van der Waals surface area contributed by atoms with Gasteiger partial charge in [0.2, 0.25) is 0 Å². The maximum atomic E-state index is 10.5. The van der Waals surface area contributed by atoms with Crippen LogP contribution < -0.4 is 20.5 Å². The van der Waals surface area contributed by atoms with E-state index in [-0.39, 0.29) is 0 Å². The van der Waals surface area contributed by atoms with Crippen molar-refractivity contribution in [1.29, 1.82) is 0 Å². The van der Waals surface area contributed by atoms with Gasteiger partial charge in [0.05, 0.1) is 14.2 Å². The largest absolute Gasteiger partial charge is 0.497 e. The first kappa shape index (κ1) is 11.2. The van der Waals surface area contributed by atoms with E-state index < -0.39 is 6.03 Å². The van der Waals surface area contributed by atoms with Crippen molar-refractivity contribution in [1.82, 2.24) is 5.32 Å². The zero-order chi connectivity index (χ0) is 11.3. The van der Waals surface area contributed by atoms with Crippen LogP contribution >= 0.6 is 0 Å². The van der Waals surface area contributed by atoms with Crippen LogP contribution in [0.25, 0.3) is 0 Å². The molecule has 82 valence electrons. The fourth-order valence-corrected chi connectivity index (χ4v) is 1.16. The maximum Gasteiger partial charge on any atom is 0.312 e. The molecule has 0 aliphatic carbocycles. The topological polar surface area (TPSA) is 73.6 Å². The summed E-state index contributed by atoms with van der Waals surface area (Å²) in [4.78, 5) is 10.5. The van der Waals surface area contributed by atoms with Gasteiger partial charge in [-0.15, -0.1) is 0 Å². The summed E-state index contributed by atoms with van der Waals surface area (Å²) < 4.78 is 10.2. The van der Waals surface area contributed by atoms with Crippen molar-refractivity contribution >= 4 is 6.03 Å². The predicted molar refractivity (Wildman–Crippen MR) is 56.0 cm³/mol. The number of carbonyl (C=O) groups is 1. The van der Waals surface area contributed by atoms with Crippen LogP contribution in [-0.4, -0.2) is 20.3 Å². The number of rotatable bonds is 4. The molecule has 0 fully saturated rings. The Morgan fingerprint density at radius 1 is 1.27 bits per heavy atom. The first-order chi connectivity index (χ1) is 7.15. The summed E-state index contributed by atoms with van der Waals surface area (Å²) in [6.07, 6.45) is 0. The standard InChI is InChI=1S/C10H14N2O3/c1-14-8-3-7(6-12-10(11)13)4-9(5-8)15-2/h3-5H,6H2,1-2H3,(H3,11,12,13). The van der Waals surface area contributed by atoms with E-state index in [1.165, 1.54) is 0 Å². The normalized spacial score (nSPS) is 9.47. The highest BCUT2D eigenvalue weighted by atomic mass is 16.5. The third-order valence-electron chi connectivity index (χ3n) is 1.88. The van der Waals surface area contributed by atoms with Gasteiger partial charge in [-0.25, -0.2) is 4.79 Å². The van der Waals surface area contributed by atoms with E-state index in [0.29, 0.717) is 18.0 Å². The van der Waals surface area contributed by atoms with Crippen molar-refractivity contribution < 1.29 is 14.3 Å². The summed E-state index contributed by atoms with van der Waals surface area (Å²) in [5.41, 5.74) is 5.83. The molecule has 1 aromatic rings. The van der Waals surface area contributed by atoms with E-state index in [0.717, 1.165) is 5.56 Å². The van der Waals surface area contributed by atoms with Crippen molar-refractivity contribution in [2.45, 2.75) is 6.54 Å². The van der Waals surface area contributed by atoms with Crippen LogP contribution in [-0.2, 0) is 6.54 Å². The highest BCUT2D eigenvalue weighted by Gasteiger charge is 2.02. The monoisotopic (exact) mass is 210 g/mol. The van der Waals surface area contributed by atoms with E-state index in [9.17, 15) is 4.79 Å². The lowest BCUT2D eigenvalue weighted by molar-refractivity contribution is 0.248.